The number of piperidine rings is 1. The van der Waals surface area contributed by atoms with Gasteiger partial charge in [0.2, 0.25) is 5.91 Å². The molecule has 28 heavy (non-hydrogen) atoms. The zero-order valence-electron chi connectivity index (χ0n) is 15.2. The Labute approximate surface area is 160 Å². The van der Waals surface area contributed by atoms with Gasteiger partial charge in [-0.1, -0.05) is 0 Å². The average molecular weight is 401 g/mol. The predicted molar refractivity (Wildman–Crippen MR) is 95.0 cm³/mol. The lowest BCUT2D eigenvalue weighted by Gasteiger charge is -2.34. The molecule has 2 aliphatic heterocycles. The molecule has 0 saturated carbocycles. The SMILES string of the molecule is O=C(NC1CCCOC1)C1CCN(c2ccc(C(F)(F)F)cc2[N+](=O)[O-])CC1. The second-order valence-electron chi connectivity index (χ2n) is 7.14. The zero-order chi connectivity index (χ0) is 20.3. The number of benzene rings is 1. The number of nitrogens with one attached hydrogen (secondary N) is 1. The van der Waals surface area contributed by atoms with E-state index in [9.17, 15) is 28.1 Å². The van der Waals surface area contributed by atoms with Crippen LogP contribution in [0.25, 0.3) is 0 Å². The number of alkyl halides is 3. The number of hydrogen-bond acceptors (Lipinski definition) is 5. The van der Waals surface area contributed by atoms with Crippen LogP contribution in [0.3, 0.4) is 0 Å². The predicted octanol–water partition coefficient (Wildman–Crippen LogP) is 3.13. The lowest BCUT2D eigenvalue weighted by molar-refractivity contribution is -0.384. The Morgan fingerprint density at radius 1 is 1.25 bits per heavy atom. The minimum absolute atomic E-state index is 0.00952. The second kappa shape index (κ2) is 8.34. The van der Waals surface area contributed by atoms with Crippen LogP contribution < -0.4 is 10.2 Å². The van der Waals surface area contributed by atoms with E-state index in [-0.39, 0.29) is 23.6 Å². The van der Waals surface area contributed by atoms with Gasteiger partial charge in [-0.25, -0.2) is 0 Å². The number of hydrogen-bond donors (Lipinski definition) is 1. The molecule has 2 heterocycles. The summed E-state index contributed by atoms with van der Waals surface area (Å²) in [6, 6.07) is 2.57. The van der Waals surface area contributed by atoms with Gasteiger partial charge in [0.1, 0.15) is 5.69 Å². The van der Waals surface area contributed by atoms with Crippen molar-refractivity contribution in [1.82, 2.24) is 5.32 Å². The van der Waals surface area contributed by atoms with Crippen LogP contribution in [0.5, 0.6) is 0 Å². The molecule has 7 nitrogen and oxygen atoms in total. The standard InChI is InChI=1S/C18H22F3N3O4/c19-18(20,21)13-3-4-15(16(10-13)24(26)27)23-7-5-12(6-8-23)17(25)22-14-2-1-9-28-11-14/h3-4,10,12,14H,1-2,5-9,11H2,(H,22,25). The summed E-state index contributed by atoms with van der Waals surface area (Å²) in [6.45, 7) is 1.94. The van der Waals surface area contributed by atoms with E-state index in [1.807, 2.05) is 0 Å². The maximum atomic E-state index is 12.8. The van der Waals surface area contributed by atoms with Gasteiger partial charge < -0.3 is 15.0 Å². The minimum Gasteiger partial charge on any atom is -0.379 e. The molecule has 1 unspecified atom stereocenters. The number of amides is 1. The third-order valence-electron chi connectivity index (χ3n) is 5.21. The highest BCUT2D eigenvalue weighted by molar-refractivity contribution is 5.79. The van der Waals surface area contributed by atoms with Crippen LogP contribution in [0.1, 0.15) is 31.2 Å². The molecule has 2 saturated heterocycles. The lowest BCUT2D eigenvalue weighted by atomic mass is 9.94. The molecule has 154 valence electrons. The van der Waals surface area contributed by atoms with Crippen molar-refractivity contribution in [1.29, 1.82) is 0 Å². The Balaban J connectivity index is 1.64. The molecule has 2 aliphatic rings. The van der Waals surface area contributed by atoms with Crippen molar-refractivity contribution in [2.75, 3.05) is 31.2 Å². The van der Waals surface area contributed by atoms with Crippen molar-refractivity contribution in [2.45, 2.75) is 37.9 Å². The van der Waals surface area contributed by atoms with Gasteiger partial charge in [0.15, 0.2) is 0 Å². The van der Waals surface area contributed by atoms with E-state index in [1.54, 1.807) is 4.90 Å². The van der Waals surface area contributed by atoms with Crippen molar-refractivity contribution in [3.63, 3.8) is 0 Å². The molecule has 0 spiro atoms. The summed E-state index contributed by atoms with van der Waals surface area (Å²) in [5.74, 6) is -0.274. The molecule has 1 N–H and O–H groups in total. The molecule has 1 aromatic carbocycles. The third kappa shape index (κ3) is 4.73. The average Bonchev–Trinajstić information content (AvgIpc) is 2.67. The lowest BCUT2D eigenvalue weighted by Crippen LogP contribution is -2.46. The van der Waals surface area contributed by atoms with Crippen LogP contribution in [0.15, 0.2) is 18.2 Å². The Morgan fingerprint density at radius 2 is 1.96 bits per heavy atom. The fourth-order valence-electron chi connectivity index (χ4n) is 3.67. The first-order valence-electron chi connectivity index (χ1n) is 9.24. The van der Waals surface area contributed by atoms with Crippen molar-refractivity contribution in [3.8, 4) is 0 Å². The zero-order valence-corrected chi connectivity index (χ0v) is 15.2. The Morgan fingerprint density at radius 3 is 2.54 bits per heavy atom. The fourth-order valence-corrected chi connectivity index (χ4v) is 3.67. The summed E-state index contributed by atoms with van der Waals surface area (Å²) in [6.07, 6.45) is -1.89. The quantitative estimate of drug-likeness (QED) is 0.619. The molecule has 1 atom stereocenters. The van der Waals surface area contributed by atoms with Gasteiger partial charge >= 0.3 is 6.18 Å². The number of nitro groups is 1. The van der Waals surface area contributed by atoms with Crippen molar-refractivity contribution >= 4 is 17.3 Å². The molecule has 10 heteroatoms. The normalized spacial score (nSPS) is 21.4. The van der Waals surface area contributed by atoms with Gasteiger partial charge in [0.25, 0.3) is 5.69 Å². The molecule has 1 aromatic rings. The number of carbonyl (C=O) groups excluding carboxylic acids is 1. The van der Waals surface area contributed by atoms with Crippen molar-refractivity contribution < 1.29 is 27.6 Å². The molecule has 1 amide bonds. The maximum absolute atomic E-state index is 12.8. The second-order valence-corrected chi connectivity index (χ2v) is 7.14. The maximum Gasteiger partial charge on any atom is 0.416 e. The largest absolute Gasteiger partial charge is 0.416 e. The summed E-state index contributed by atoms with van der Waals surface area (Å²) in [4.78, 5) is 24.6. The first-order chi connectivity index (χ1) is 13.3. The molecule has 2 fully saturated rings. The minimum atomic E-state index is -4.64. The molecule has 0 aromatic heterocycles. The topological polar surface area (TPSA) is 84.7 Å². The highest BCUT2D eigenvalue weighted by Crippen LogP contribution is 2.37. The number of carbonyl (C=O) groups is 1. The van der Waals surface area contributed by atoms with E-state index in [2.05, 4.69) is 5.32 Å². The molecule has 3 rings (SSSR count). The summed E-state index contributed by atoms with van der Waals surface area (Å²) < 4.78 is 43.9. The van der Waals surface area contributed by atoms with Gasteiger partial charge in [0.05, 0.1) is 23.1 Å². The first kappa shape index (κ1) is 20.4. The van der Waals surface area contributed by atoms with Gasteiger partial charge in [-0.3, -0.25) is 14.9 Å². The highest BCUT2D eigenvalue weighted by Gasteiger charge is 2.35. The van der Waals surface area contributed by atoms with Gasteiger partial charge in [-0.2, -0.15) is 13.2 Å². The number of anilines is 1. The van der Waals surface area contributed by atoms with Crippen LogP contribution in [0.2, 0.25) is 0 Å². The third-order valence-corrected chi connectivity index (χ3v) is 5.21. The van der Waals surface area contributed by atoms with E-state index in [4.69, 9.17) is 4.74 Å². The molecule has 0 aliphatic carbocycles. The van der Waals surface area contributed by atoms with Gasteiger partial charge in [-0.05, 0) is 37.8 Å². The van der Waals surface area contributed by atoms with Crippen LogP contribution in [0, 0.1) is 16.0 Å². The van der Waals surface area contributed by atoms with E-state index in [1.165, 1.54) is 0 Å². The molecular weight excluding hydrogens is 379 g/mol. The first-order valence-corrected chi connectivity index (χ1v) is 9.24. The highest BCUT2D eigenvalue weighted by atomic mass is 19.4. The monoisotopic (exact) mass is 401 g/mol. The molecule has 0 radical (unpaired) electrons. The van der Waals surface area contributed by atoms with E-state index in [0.717, 1.165) is 25.0 Å². The number of nitrogens with zero attached hydrogens (tertiary/aromatic N) is 2. The number of ether oxygens (including phenoxy) is 1. The van der Waals surface area contributed by atoms with E-state index in [0.29, 0.717) is 45.2 Å². The number of rotatable bonds is 4. The summed E-state index contributed by atoms with van der Waals surface area (Å²) >= 11 is 0. The van der Waals surface area contributed by atoms with Crippen LogP contribution in [0.4, 0.5) is 24.5 Å². The van der Waals surface area contributed by atoms with E-state index >= 15 is 0 Å². The Bertz CT molecular complexity index is 727. The van der Waals surface area contributed by atoms with Crippen LogP contribution in [-0.4, -0.2) is 43.2 Å². The number of halogens is 3. The molecular formula is C18H22F3N3O4. The van der Waals surface area contributed by atoms with Crippen LogP contribution >= 0.6 is 0 Å². The summed E-state index contributed by atoms with van der Waals surface area (Å²) in [5.41, 5.74) is -1.47. The summed E-state index contributed by atoms with van der Waals surface area (Å²) in [5, 5.41) is 14.3. The van der Waals surface area contributed by atoms with E-state index < -0.39 is 22.4 Å². The van der Waals surface area contributed by atoms with Crippen molar-refractivity contribution in [3.05, 3.63) is 33.9 Å². The van der Waals surface area contributed by atoms with Crippen LogP contribution in [-0.2, 0) is 15.7 Å². The smallest absolute Gasteiger partial charge is 0.379 e. The number of nitro benzene ring substituents is 1. The fraction of sp³-hybridized carbons (Fsp3) is 0.611. The van der Waals surface area contributed by atoms with Gasteiger partial charge in [0, 0.05) is 31.7 Å². The molecule has 0 bridgehead atoms. The Kier molecular flexibility index (Phi) is 6.07. The Hall–Kier alpha value is -2.36. The summed E-state index contributed by atoms with van der Waals surface area (Å²) in [7, 11) is 0. The van der Waals surface area contributed by atoms with Crippen molar-refractivity contribution in [2.24, 2.45) is 5.92 Å². The van der Waals surface area contributed by atoms with Gasteiger partial charge in [-0.15, -0.1) is 0 Å².